The highest BCUT2D eigenvalue weighted by Gasteiger charge is 2.44. The zero-order valence-corrected chi connectivity index (χ0v) is 17.1. The van der Waals surface area contributed by atoms with Gasteiger partial charge in [0.2, 0.25) is 0 Å². The second-order valence-corrected chi connectivity index (χ2v) is 8.11. The first-order chi connectivity index (χ1) is 14.1. The summed E-state index contributed by atoms with van der Waals surface area (Å²) < 4.78 is 5.36. The maximum atomic E-state index is 12.8. The van der Waals surface area contributed by atoms with E-state index >= 15 is 0 Å². The maximum Gasteiger partial charge on any atom is 0.415 e. The van der Waals surface area contributed by atoms with Crippen molar-refractivity contribution < 1.29 is 24.4 Å². The van der Waals surface area contributed by atoms with Crippen molar-refractivity contribution in [3.05, 3.63) is 69.3 Å². The third-order valence-corrected chi connectivity index (χ3v) is 5.71. The zero-order valence-electron chi connectivity index (χ0n) is 17.1. The molecule has 2 unspecified atom stereocenters. The molecule has 1 aliphatic heterocycles. The summed E-state index contributed by atoms with van der Waals surface area (Å²) in [5.74, 6) is -0.955. The lowest BCUT2D eigenvalue weighted by Crippen LogP contribution is -2.51. The number of likely N-dealkylation sites (tertiary alicyclic amines) is 1. The lowest BCUT2D eigenvalue weighted by atomic mass is 9.74. The molecular weight excluding hydrogens is 388 g/mol. The predicted molar refractivity (Wildman–Crippen MR) is 110 cm³/mol. The Morgan fingerprint density at radius 1 is 1.17 bits per heavy atom. The highest BCUT2D eigenvalue weighted by molar-refractivity contribution is 5.77. The summed E-state index contributed by atoms with van der Waals surface area (Å²) in [7, 11) is 0. The van der Waals surface area contributed by atoms with Crippen molar-refractivity contribution in [1.29, 1.82) is 0 Å². The minimum absolute atomic E-state index is 0.0233. The summed E-state index contributed by atoms with van der Waals surface area (Å²) >= 11 is 0. The van der Waals surface area contributed by atoms with Gasteiger partial charge in [0.15, 0.2) is 0 Å². The number of nitro groups is 1. The second kappa shape index (κ2) is 8.14. The summed E-state index contributed by atoms with van der Waals surface area (Å²) in [4.78, 5) is 36.4. The van der Waals surface area contributed by atoms with Gasteiger partial charge in [0, 0.05) is 31.1 Å². The molecule has 0 radical (unpaired) electrons. The molecule has 8 heteroatoms. The van der Waals surface area contributed by atoms with Crippen LogP contribution < -0.4 is 4.74 Å². The van der Waals surface area contributed by atoms with E-state index in [0.29, 0.717) is 13.0 Å². The Morgan fingerprint density at radius 2 is 1.83 bits per heavy atom. The lowest BCUT2D eigenvalue weighted by molar-refractivity contribution is -0.384. The van der Waals surface area contributed by atoms with Gasteiger partial charge >= 0.3 is 12.1 Å². The molecule has 1 aliphatic rings. The number of nitro benzene ring substituents is 1. The minimum Gasteiger partial charge on any atom is -0.481 e. The average Bonchev–Trinajstić information content (AvgIpc) is 2.70. The number of carboxylic acids is 1. The van der Waals surface area contributed by atoms with Gasteiger partial charge in [0.1, 0.15) is 5.75 Å². The van der Waals surface area contributed by atoms with Crippen LogP contribution in [0.3, 0.4) is 0 Å². The zero-order chi connectivity index (χ0) is 22.1. The van der Waals surface area contributed by atoms with E-state index in [0.717, 1.165) is 16.7 Å². The van der Waals surface area contributed by atoms with Crippen LogP contribution >= 0.6 is 0 Å². The van der Waals surface area contributed by atoms with Gasteiger partial charge in [-0.25, -0.2) is 4.79 Å². The highest BCUT2D eigenvalue weighted by Crippen LogP contribution is 2.39. The molecule has 2 aromatic rings. The SMILES string of the molecule is Cc1ccc(C2CN(C(=O)Oc3ccc([N+](=O)[O-])cc3)CC(C)(C(=O)O)C2)cc1C. The number of carbonyl (C=O) groups excluding carboxylic acids is 1. The molecule has 3 rings (SSSR count). The van der Waals surface area contributed by atoms with Crippen LogP contribution in [0.15, 0.2) is 42.5 Å². The van der Waals surface area contributed by atoms with Crippen molar-refractivity contribution in [3.63, 3.8) is 0 Å². The number of piperidine rings is 1. The molecule has 0 saturated carbocycles. The number of ether oxygens (including phenoxy) is 1. The van der Waals surface area contributed by atoms with Crippen LogP contribution in [0.2, 0.25) is 0 Å². The Bertz CT molecular complexity index is 988. The first-order valence-electron chi connectivity index (χ1n) is 9.61. The molecule has 1 fully saturated rings. The van der Waals surface area contributed by atoms with Gasteiger partial charge in [0.05, 0.1) is 10.3 Å². The number of aryl methyl sites for hydroxylation is 2. The van der Waals surface area contributed by atoms with Crippen molar-refractivity contribution in [2.45, 2.75) is 33.1 Å². The number of benzene rings is 2. The maximum absolute atomic E-state index is 12.8. The number of hydrogen-bond acceptors (Lipinski definition) is 5. The Labute approximate surface area is 174 Å². The van der Waals surface area contributed by atoms with Crippen LogP contribution in [0.25, 0.3) is 0 Å². The van der Waals surface area contributed by atoms with Gasteiger partial charge in [-0.15, -0.1) is 0 Å². The summed E-state index contributed by atoms with van der Waals surface area (Å²) in [5, 5.41) is 20.6. The van der Waals surface area contributed by atoms with E-state index in [1.54, 1.807) is 6.92 Å². The van der Waals surface area contributed by atoms with Crippen molar-refractivity contribution in [2.24, 2.45) is 5.41 Å². The van der Waals surface area contributed by atoms with E-state index in [2.05, 4.69) is 0 Å². The predicted octanol–water partition coefficient (Wildman–Crippen LogP) is 4.29. The number of carboxylic acid groups (broad SMARTS) is 1. The highest BCUT2D eigenvalue weighted by atomic mass is 16.6. The fourth-order valence-corrected chi connectivity index (χ4v) is 3.76. The van der Waals surface area contributed by atoms with Crippen molar-refractivity contribution in [1.82, 2.24) is 4.90 Å². The van der Waals surface area contributed by atoms with Gasteiger partial charge in [0.25, 0.3) is 5.69 Å². The molecule has 0 aliphatic carbocycles. The van der Waals surface area contributed by atoms with Crippen molar-refractivity contribution >= 4 is 17.7 Å². The number of hydrogen-bond donors (Lipinski definition) is 1. The number of amides is 1. The topological polar surface area (TPSA) is 110 Å². The number of non-ortho nitro benzene ring substituents is 1. The van der Waals surface area contributed by atoms with Gasteiger partial charge < -0.3 is 14.7 Å². The molecule has 30 heavy (non-hydrogen) atoms. The molecular formula is C22H24N2O6. The molecule has 1 amide bonds. The molecule has 1 saturated heterocycles. The van der Waals surface area contributed by atoms with Crippen LogP contribution in [0.5, 0.6) is 5.75 Å². The smallest absolute Gasteiger partial charge is 0.415 e. The van der Waals surface area contributed by atoms with Gasteiger partial charge in [-0.05, 0) is 56.0 Å². The monoisotopic (exact) mass is 412 g/mol. The van der Waals surface area contributed by atoms with E-state index < -0.39 is 22.4 Å². The molecule has 158 valence electrons. The largest absolute Gasteiger partial charge is 0.481 e. The van der Waals surface area contributed by atoms with E-state index in [1.165, 1.54) is 29.2 Å². The second-order valence-electron chi connectivity index (χ2n) is 8.11. The fourth-order valence-electron chi connectivity index (χ4n) is 3.76. The van der Waals surface area contributed by atoms with Crippen LogP contribution in [0.1, 0.15) is 36.0 Å². The van der Waals surface area contributed by atoms with Crippen molar-refractivity contribution in [2.75, 3.05) is 13.1 Å². The summed E-state index contributed by atoms with van der Waals surface area (Å²) in [6.07, 6.45) is -0.267. The first kappa shape index (κ1) is 21.3. The normalized spacial score (nSPS) is 21.2. The fraction of sp³-hybridized carbons (Fsp3) is 0.364. The molecule has 2 aromatic carbocycles. The van der Waals surface area contributed by atoms with Gasteiger partial charge in [-0.2, -0.15) is 0 Å². The third kappa shape index (κ3) is 4.42. The molecule has 1 N–H and O–H groups in total. The molecule has 8 nitrogen and oxygen atoms in total. The van der Waals surface area contributed by atoms with Crippen LogP contribution in [-0.2, 0) is 4.79 Å². The standard InChI is InChI=1S/C22H24N2O6/c1-14-4-5-16(10-15(14)2)17-11-22(3,20(25)26)13-23(12-17)21(27)30-19-8-6-18(7-9-19)24(28)29/h4-10,17H,11-13H2,1-3H3,(H,25,26). The van der Waals surface area contributed by atoms with Crippen LogP contribution in [0.4, 0.5) is 10.5 Å². The Balaban J connectivity index is 1.83. The van der Waals surface area contributed by atoms with Crippen LogP contribution in [0, 0.1) is 29.4 Å². The van der Waals surface area contributed by atoms with Gasteiger partial charge in [-0.3, -0.25) is 14.9 Å². The Morgan fingerprint density at radius 3 is 2.40 bits per heavy atom. The summed E-state index contributed by atoms with van der Waals surface area (Å²) in [5.41, 5.74) is 2.01. The quantitative estimate of drug-likeness (QED) is 0.592. The van der Waals surface area contributed by atoms with Crippen molar-refractivity contribution in [3.8, 4) is 5.75 Å². The summed E-state index contributed by atoms with van der Waals surface area (Å²) in [6.45, 7) is 6.00. The van der Waals surface area contributed by atoms with E-state index in [-0.39, 0.29) is 23.9 Å². The van der Waals surface area contributed by atoms with Crippen LogP contribution in [-0.4, -0.2) is 40.1 Å². The molecule has 1 heterocycles. The number of rotatable bonds is 4. The number of carbonyl (C=O) groups is 2. The molecule has 0 bridgehead atoms. The molecule has 0 aromatic heterocycles. The molecule has 0 spiro atoms. The van der Waals surface area contributed by atoms with E-state index in [1.807, 2.05) is 32.0 Å². The summed E-state index contributed by atoms with van der Waals surface area (Å²) in [6, 6.07) is 11.2. The Hall–Kier alpha value is -3.42. The Kier molecular flexibility index (Phi) is 5.78. The lowest BCUT2D eigenvalue weighted by Gasteiger charge is -2.41. The molecule has 2 atom stereocenters. The van der Waals surface area contributed by atoms with E-state index in [4.69, 9.17) is 4.74 Å². The van der Waals surface area contributed by atoms with E-state index in [9.17, 15) is 24.8 Å². The average molecular weight is 412 g/mol. The number of nitrogens with zero attached hydrogens (tertiary/aromatic N) is 2. The number of aliphatic carboxylic acids is 1. The first-order valence-corrected chi connectivity index (χ1v) is 9.61. The van der Waals surface area contributed by atoms with Gasteiger partial charge in [-0.1, -0.05) is 18.2 Å². The third-order valence-electron chi connectivity index (χ3n) is 5.71. The minimum atomic E-state index is -1.11.